The highest BCUT2D eigenvalue weighted by Crippen LogP contribution is 2.36. The number of nitrogens with one attached hydrogen (secondary N) is 1. The molecule has 3 heteroatoms. The number of carbonyl (C=O) groups excluding carboxylic acids is 1. The van der Waals surface area contributed by atoms with Crippen LogP contribution in [0.1, 0.15) is 18.4 Å². The maximum absolute atomic E-state index is 11.5. The molecule has 3 nitrogen and oxygen atoms in total. The van der Waals surface area contributed by atoms with Gasteiger partial charge in [-0.2, -0.15) is 0 Å². The molecule has 0 spiro atoms. The number of carbonyl (C=O) groups is 1. The van der Waals surface area contributed by atoms with Gasteiger partial charge in [0.05, 0.1) is 13.0 Å². The minimum Gasteiger partial charge on any atom is -0.493 e. The van der Waals surface area contributed by atoms with Gasteiger partial charge >= 0.3 is 0 Å². The van der Waals surface area contributed by atoms with Gasteiger partial charge in [0.2, 0.25) is 5.91 Å². The summed E-state index contributed by atoms with van der Waals surface area (Å²) in [4.78, 5) is 11.5. The van der Waals surface area contributed by atoms with Crippen molar-refractivity contribution in [1.29, 1.82) is 0 Å². The molecule has 1 heterocycles. The van der Waals surface area contributed by atoms with E-state index in [4.69, 9.17) is 4.74 Å². The third-order valence-electron chi connectivity index (χ3n) is 4.10. The van der Waals surface area contributed by atoms with E-state index in [1.54, 1.807) is 0 Å². The average molecular weight is 279 g/mol. The van der Waals surface area contributed by atoms with Crippen LogP contribution in [0.15, 0.2) is 42.5 Å². The Morgan fingerprint density at radius 3 is 2.86 bits per heavy atom. The second-order valence-corrected chi connectivity index (χ2v) is 5.85. The van der Waals surface area contributed by atoms with Crippen LogP contribution in [0.25, 0.3) is 11.1 Å². The van der Waals surface area contributed by atoms with Crippen LogP contribution in [0.5, 0.6) is 5.75 Å². The summed E-state index contributed by atoms with van der Waals surface area (Å²) in [6.45, 7) is 0.808. The number of para-hydroxylation sites is 1. The average Bonchev–Trinajstić information content (AvgIpc) is 3.25. The quantitative estimate of drug-likeness (QED) is 0.928. The number of rotatable bonds is 4. The maximum Gasteiger partial charge on any atom is 0.228 e. The van der Waals surface area contributed by atoms with Crippen molar-refractivity contribution in [3.05, 3.63) is 48.0 Å². The Morgan fingerprint density at radius 2 is 2.00 bits per heavy atom. The molecule has 4 rings (SSSR count). The molecule has 2 aromatic rings. The van der Waals surface area contributed by atoms with Crippen molar-refractivity contribution in [2.24, 2.45) is 5.92 Å². The Kier molecular flexibility index (Phi) is 2.92. The van der Waals surface area contributed by atoms with Crippen molar-refractivity contribution in [2.45, 2.75) is 19.3 Å². The van der Waals surface area contributed by atoms with Crippen LogP contribution in [0.3, 0.4) is 0 Å². The number of ether oxygens (including phenoxy) is 1. The maximum atomic E-state index is 11.5. The second-order valence-electron chi connectivity index (χ2n) is 5.85. The summed E-state index contributed by atoms with van der Waals surface area (Å²) in [5, 5.41) is 2.87. The molecule has 2 aliphatic rings. The molecule has 1 saturated carbocycles. The normalized spacial score (nSPS) is 16.5. The van der Waals surface area contributed by atoms with E-state index < -0.39 is 0 Å². The predicted molar refractivity (Wildman–Crippen MR) is 82.4 cm³/mol. The second kappa shape index (κ2) is 4.92. The summed E-state index contributed by atoms with van der Waals surface area (Å²) in [5.41, 5.74) is 4.20. The molecule has 1 aliphatic heterocycles. The third-order valence-corrected chi connectivity index (χ3v) is 4.10. The number of anilines is 1. The lowest BCUT2D eigenvalue weighted by Gasteiger charge is -2.12. The summed E-state index contributed by atoms with van der Waals surface area (Å²) < 4.78 is 5.97. The highest BCUT2D eigenvalue weighted by Gasteiger charge is 2.23. The van der Waals surface area contributed by atoms with E-state index in [0.29, 0.717) is 6.42 Å². The van der Waals surface area contributed by atoms with Crippen LogP contribution in [0, 0.1) is 5.92 Å². The fraction of sp³-hybridized carbons (Fsp3) is 0.278. The van der Waals surface area contributed by atoms with E-state index in [2.05, 4.69) is 17.4 Å². The largest absolute Gasteiger partial charge is 0.493 e. The van der Waals surface area contributed by atoms with Gasteiger partial charge in [-0.15, -0.1) is 0 Å². The van der Waals surface area contributed by atoms with E-state index in [0.717, 1.165) is 40.7 Å². The number of benzene rings is 2. The highest BCUT2D eigenvalue weighted by molar-refractivity contribution is 5.99. The van der Waals surface area contributed by atoms with Crippen LogP contribution >= 0.6 is 0 Å². The van der Waals surface area contributed by atoms with E-state index in [-0.39, 0.29) is 5.91 Å². The van der Waals surface area contributed by atoms with Crippen molar-refractivity contribution in [3.63, 3.8) is 0 Å². The van der Waals surface area contributed by atoms with Gasteiger partial charge in [0.25, 0.3) is 0 Å². The Morgan fingerprint density at radius 1 is 1.14 bits per heavy atom. The molecule has 1 aliphatic carbocycles. The first kappa shape index (κ1) is 12.5. The Labute approximate surface area is 123 Å². The summed E-state index contributed by atoms with van der Waals surface area (Å²) >= 11 is 0. The van der Waals surface area contributed by atoms with Crippen LogP contribution in [0.2, 0.25) is 0 Å². The zero-order valence-corrected chi connectivity index (χ0v) is 11.8. The lowest BCUT2D eigenvalue weighted by atomic mass is 10.0. The topological polar surface area (TPSA) is 38.3 Å². The SMILES string of the molecule is O=C1Cc2cc(-c3ccccc3OCC3CC3)ccc2N1. The molecule has 2 aromatic carbocycles. The smallest absolute Gasteiger partial charge is 0.228 e. The number of hydrogen-bond donors (Lipinski definition) is 1. The van der Waals surface area contributed by atoms with E-state index in [1.807, 2.05) is 30.3 Å². The Balaban J connectivity index is 1.66. The molecule has 0 bridgehead atoms. The lowest BCUT2D eigenvalue weighted by molar-refractivity contribution is -0.115. The van der Waals surface area contributed by atoms with Crippen molar-refractivity contribution in [2.75, 3.05) is 11.9 Å². The zero-order chi connectivity index (χ0) is 14.2. The minimum absolute atomic E-state index is 0.0698. The third kappa shape index (κ3) is 2.51. The number of amides is 1. The number of hydrogen-bond acceptors (Lipinski definition) is 2. The Hall–Kier alpha value is -2.29. The van der Waals surface area contributed by atoms with Gasteiger partial charge in [-0.1, -0.05) is 24.3 Å². The lowest BCUT2D eigenvalue weighted by Crippen LogP contribution is -2.03. The van der Waals surface area contributed by atoms with Crippen LogP contribution in [0.4, 0.5) is 5.69 Å². The first-order valence-electron chi connectivity index (χ1n) is 7.44. The molecular formula is C18H17NO2. The molecule has 1 amide bonds. The fourth-order valence-electron chi connectivity index (χ4n) is 2.72. The standard InChI is InChI=1S/C18H17NO2/c20-18-10-14-9-13(7-8-16(14)19-18)15-3-1-2-4-17(15)21-11-12-5-6-12/h1-4,7-9,12H,5-6,10-11H2,(H,19,20). The minimum atomic E-state index is 0.0698. The fourth-order valence-corrected chi connectivity index (χ4v) is 2.72. The summed E-state index contributed by atoms with van der Waals surface area (Å²) in [5.74, 6) is 1.74. The zero-order valence-electron chi connectivity index (χ0n) is 11.8. The summed E-state index contributed by atoms with van der Waals surface area (Å²) in [6, 6.07) is 14.2. The molecule has 0 saturated heterocycles. The highest BCUT2D eigenvalue weighted by atomic mass is 16.5. The van der Waals surface area contributed by atoms with Gasteiger partial charge in [-0.25, -0.2) is 0 Å². The van der Waals surface area contributed by atoms with E-state index >= 15 is 0 Å². The molecule has 1 fully saturated rings. The van der Waals surface area contributed by atoms with E-state index in [1.165, 1.54) is 12.8 Å². The van der Waals surface area contributed by atoms with Crippen molar-refractivity contribution in [1.82, 2.24) is 0 Å². The van der Waals surface area contributed by atoms with Crippen LogP contribution in [-0.2, 0) is 11.2 Å². The molecule has 1 N–H and O–H groups in total. The van der Waals surface area contributed by atoms with Gasteiger partial charge < -0.3 is 10.1 Å². The van der Waals surface area contributed by atoms with Crippen LogP contribution < -0.4 is 10.1 Å². The molecular weight excluding hydrogens is 262 g/mol. The Bertz CT molecular complexity index is 704. The van der Waals surface area contributed by atoms with Gasteiger partial charge in [-0.05, 0) is 48.1 Å². The van der Waals surface area contributed by atoms with Crippen molar-refractivity contribution in [3.8, 4) is 16.9 Å². The monoisotopic (exact) mass is 279 g/mol. The van der Waals surface area contributed by atoms with Crippen LogP contribution in [-0.4, -0.2) is 12.5 Å². The van der Waals surface area contributed by atoms with Crippen molar-refractivity contribution < 1.29 is 9.53 Å². The van der Waals surface area contributed by atoms with Gasteiger partial charge in [0.1, 0.15) is 5.75 Å². The molecule has 0 unspecified atom stereocenters. The molecule has 0 aromatic heterocycles. The molecule has 0 radical (unpaired) electrons. The predicted octanol–water partition coefficient (Wildman–Crippen LogP) is 3.64. The first-order chi connectivity index (χ1) is 10.3. The number of fused-ring (bicyclic) bond motifs is 1. The van der Waals surface area contributed by atoms with Gasteiger partial charge in [0.15, 0.2) is 0 Å². The molecule has 0 atom stereocenters. The summed E-state index contributed by atoms with van der Waals surface area (Å²) in [6.07, 6.45) is 3.04. The van der Waals surface area contributed by atoms with E-state index in [9.17, 15) is 4.79 Å². The molecule has 21 heavy (non-hydrogen) atoms. The summed E-state index contributed by atoms with van der Waals surface area (Å²) in [7, 11) is 0. The van der Waals surface area contributed by atoms with Gasteiger partial charge in [0, 0.05) is 11.3 Å². The first-order valence-corrected chi connectivity index (χ1v) is 7.44. The van der Waals surface area contributed by atoms with Gasteiger partial charge in [-0.3, -0.25) is 4.79 Å². The molecule has 106 valence electrons. The van der Waals surface area contributed by atoms with Crippen molar-refractivity contribution >= 4 is 11.6 Å².